The summed E-state index contributed by atoms with van der Waals surface area (Å²) in [6.07, 6.45) is 3.86. The maximum atomic E-state index is 10.4. The summed E-state index contributed by atoms with van der Waals surface area (Å²) in [6, 6.07) is 20.0. The Labute approximate surface area is 127 Å². The summed E-state index contributed by atoms with van der Waals surface area (Å²) in [6.45, 7) is 6.02. The van der Waals surface area contributed by atoms with E-state index in [1.807, 2.05) is 61.5 Å². The Morgan fingerprint density at radius 2 is 1.62 bits per heavy atom. The molecule has 0 aromatic heterocycles. The van der Waals surface area contributed by atoms with Gasteiger partial charge in [0.15, 0.2) is 0 Å². The first-order valence-corrected chi connectivity index (χ1v) is 7.32. The molecule has 0 heterocycles. The van der Waals surface area contributed by atoms with E-state index in [1.54, 1.807) is 0 Å². The lowest BCUT2D eigenvalue weighted by Gasteiger charge is -2.14. The molecule has 0 amide bonds. The van der Waals surface area contributed by atoms with Gasteiger partial charge in [-0.05, 0) is 31.4 Å². The Kier molecular flexibility index (Phi) is 5.39. The van der Waals surface area contributed by atoms with Crippen LogP contribution in [-0.2, 0) is 0 Å². The monoisotopic (exact) mass is 278 g/mol. The van der Waals surface area contributed by atoms with Crippen LogP contribution in [-0.4, -0.2) is 5.11 Å². The van der Waals surface area contributed by atoms with Crippen molar-refractivity contribution in [3.8, 4) is 0 Å². The molecule has 2 rings (SSSR count). The van der Waals surface area contributed by atoms with E-state index in [1.165, 1.54) is 11.1 Å². The second kappa shape index (κ2) is 7.49. The van der Waals surface area contributed by atoms with Crippen LogP contribution >= 0.6 is 0 Å². The predicted octanol–water partition coefficient (Wildman–Crippen LogP) is 5.73. The first-order chi connectivity index (χ1) is 10.2. The van der Waals surface area contributed by atoms with Crippen molar-refractivity contribution in [2.45, 2.75) is 25.7 Å². The lowest BCUT2D eigenvalue weighted by Crippen LogP contribution is -1.98. The molecule has 2 aromatic rings. The van der Waals surface area contributed by atoms with Crippen molar-refractivity contribution in [2.24, 2.45) is 0 Å². The van der Waals surface area contributed by atoms with Crippen molar-refractivity contribution in [1.29, 1.82) is 0 Å². The van der Waals surface area contributed by atoms with Crippen LogP contribution in [0.1, 0.15) is 36.8 Å². The maximum Gasteiger partial charge on any atom is 0.119 e. The minimum atomic E-state index is 0.197. The highest BCUT2D eigenvalue weighted by atomic mass is 16.3. The van der Waals surface area contributed by atoms with Gasteiger partial charge in [0.2, 0.25) is 0 Å². The molecule has 21 heavy (non-hydrogen) atoms. The van der Waals surface area contributed by atoms with Gasteiger partial charge in [0.05, 0.1) is 0 Å². The molecule has 1 N–H and O–H groups in total. The molecule has 1 heteroatoms. The molecule has 1 nitrogen and oxygen atoms in total. The molecule has 2 aromatic carbocycles. The van der Waals surface area contributed by atoms with Gasteiger partial charge < -0.3 is 5.11 Å². The molecular weight excluding hydrogens is 256 g/mol. The van der Waals surface area contributed by atoms with Crippen LogP contribution in [0.25, 0.3) is 5.76 Å². The Balaban J connectivity index is 2.25. The third-order valence-corrected chi connectivity index (χ3v) is 3.54. The van der Waals surface area contributed by atoms with Crippen LogP contribution in [0.15, 0.2) is 78.9 Å². The number of allylic oxidation sites excluding steroid dienone is 2. The third-order valence-electron chi connectivity index (χ3n) is 3.54. The lowest BCUT2D eigenvalue weighted by atomic mass is 9.91. The fraction of sp³-hybridized carbons (Fsp3) is 0.200. The van der Waals surface area contributed by atoms with E-state index in [-0.39, 0.29) is 5.92 Å². The van der Waals surface area contributed by atoms with Crippen LogP contribution in [0.5, 0.6) is 0 Å². The normalized spacial score (nSPS) is 12.9. The van der Waals surface area contributed by atoms with Crippen molar-refractivity contribution in [3.63, 3.8) is 0 Å². The quantitative estimate of drug-likeness (QED) is 0.529. The zero-order valence-electron chi connectivity index (χ0n) is 12.5. The molecule has 0 aliphatic carbocycles. The smallest absolute Gasteiger partial charge is 0.119 e. The van der Waals surface area contributed by atoms with Crippen LogP contribution in [0, 0.1) is 0 Å². The van der Waals surface area contributed by atoms with Crippen molar-refractivity contribution < 1.29 is 5.11 Å². The van der Waals surface area contributed by atoms with Crippen molar-refractivity contribution in [1.82, 2.24) is 0 Å². The number of hydrogen-bond acceptors (Lipinski definition) is 1. The molecule has 1 unspecified atom stereocenters. The Hall–Kier alpha value is -2.28. The summed E-state index contributed by atoms with van der Waals surface area (Å²) in [5, 5.41) is 10.4. The number of aliphatic hydroxyl groups excluding tert-OH is 1. The van der Waals surface area contributed by atoms with Gasteiger partial charge in [-0.3, -0.25) is 0 Å². The molecule has 1 atom stereocenters. The molecule has 0 fully saturated rings. The summed E-state index contributed by atoms with van der Waals surface area (Å²) in [7, 11) is 0. The molecule has 0 aliphatic heterocycles. The van der Waals surface area contributed by atoms with E-state index in [0.717, 1.165) is 18.4 Å². The summed E-state index contributed by atoms with van der Waals surface area (Å²) < 4.78 is 0. The Morgan fingerprint density at radius 1 is 1.05 bits per heavy atom. The van der Waals surface area contributed by atoms with Gasteiger partial charge in [0.25, 0.3) is 0 Å². The standard InChI is InChI=1S/C20H22O/c1-16(2)13-14-19(17-9-5-3-6-10-17)15-20(21)18-11-7-4-8-12-18/h3-12,15,19,21H,1,13-14H2,2H3/b20-15-. The molecular formula is C20H22O. The fourth-order valence-electron chi connectivity index (χ4n) is 2.34. The van der Waals surface area contributed by atoms with Crippen LogP contribution < -0.4 is 0 Å². The number of rotatable bonds is 6. The van der Waals surface area contributed by atoms with E-state index in [2.05, 4.69) is 18.7 Å². The number of aliphatic hydroxyl groups is 1. The second-order valence-corrected chi connectivity index (χ2v) is 5.43. The zero-order valence-corrected chi connectivity index (χ0v) is 12.5. The molecule has 0 saturated carbocycles. The minimum Gasteiger partial charge on any atom is -0.508 e. The average molecular weight is 278 g/mol. The van der Waals surface area contributed by atoms with Crippen molar-refractivity contribution >= 4 is 5.76 Å². The third kappa shape index (κ3) is 4.64. The van der Waals surface area contributed by atoms with E-state index in [9.17, 15) is 5.11 Å². The predicted molar refractivity (Wildman–Crippen MR) is 90.3 cm³/mol. The van der Waals surface area contributed by atoms with Gasteiger partial charge in [-0.2, -0.15) is 0 Å². The molecule has 0 spiro atoms. The van der Waals surface area contributed by atoms with Crippen LogP contribution in [0.4, 0.5) is 0 Å². The molecule has 0 radical (unpaired) electrons. The number of benzene rings is 2. The van der Waals surface area contributed by atoms with Gasteiger partial charge in [-0.25, -0.2) is 0 Å². The van der Waals surface area contributed by atoms with Gasteiger partial charge in [0.1, 0.15) is 5.76 Å². The van der Waals surface area contributed by atoms with Crippen LogP contribution in [0.3, 0.4) is 0 Å². The molecule has 0 bridgehead atoms. The summed E-state index contributed by atoms with van der Waals surface area (Å²) in [5.74, 6) is 0.536. The highest BCUT2D eigenvalue weighted by Crippen LogP contribution is 2.27. The van der Waals surface area contributed by atoms with E-state index < -0.39 is 0 Å². The fourth-order valence-corrected chi connectivity index (χ4v) is 2.34. The Bertz CT molecular complexity index is 596. The topological polar surface area (TPSA) is 20.2 Å². The first-order valence-electron chi connectivity index (χ1n) is 7.32. The highest BCUT2D eigenvalue weighted by molar-refractivity contribution is 5.59. The van der Waals surface area contributed by atoms with Gasteiger partial charge in [-0.15, -0.1) is 6.58 Å². The minimum absolute atomic E-state index is 0.197. The SMILES string of the molecule is C=C(C)CCC(/C=C(\O)c1ccccc1)c1ccccc1. The maximum absolute atomic E-state index is 10.4. The number of hydrogen-bond donors (Lipinski definition) is 1. The average Bonchev–Trinajstić information content (AvgIpc) is 2.52. The van der Waals surface area contributed by atoms with E-state index >= 15 is 0 Å². The van der Waals surface area contributed by atoms with E-state index in [4.69, 9.17) is 0 Å². The largest absolute Gasteiger partial charge is 0.508 e. The highest BCUT2D eigenvalue weighted by Gasteiger charge is 2.10. The van der Waals surface area contributed by atoms with Crippen LogP contribution in [0.2, 0.25) is 0 Å². The van der Waals surface area contributed by atoms with Gasteiger partial charge in [-0.1, -0.05) is 66.2 Å². The van der Waals surface area contributed by atoms with Gasteiger partial charge in [0, 0.05) is 11.5 Å². The summed E-state index contributed by atoms with van der Waals surface area (Å²) >= 11 is 0. The lowest BCUT2D eigenvalue weighted by molar-refractivity contribution is 0.506. The van der Waals surface area contributed by atoms with Crippen molar-refractivity contribution in [3.05, 3.63) is 90.0 Å². The van der Waals surface area contributed by atoms with Gasteiger partial charge >= 0.3 is 0 Å². The Morgan fingerprint density at radius 3 is 2.19 bits per heavy atom. The first kappa shape index (κ1) is 15.1. The zero-order chi connectivity index (χ0) is 15.1. The second-order valence-electron chi connectivity index (χ2n) is 5.43. The molecule has 0 aliphatic rings. The van der Waals surface area contributed by atoms with Crippen molar-refractivity contribution in [2.75, 3.05) is 0 Å². The molecule has 0 saturated heterocycles. The summed E-state index contributed by atoms with van der Waals surface area (Å²) in [4.78, 5) is 0. The summed E-state index contributed by atoms with van der Waals surface area (Å²) in [5.41, 5.74) is 3.25. The van der Waals surface area contributed by atoms with E-state index in [0.29, 0.717) is 5.76 Å². The molecule has 108 valence electrons.